The Kier molecular flexibility index (Phi) is 3.92. The van der Waals surface area contributed by atoms with Gasteiger partial charge in [0.25, 0.3) is 5.91 Å². The molecule has 1 amide bonds. The molecule has 126 valence electrons. The van der Waals surface area contributed by atoms with Crippen LogP contribution in [-0.2, 0) is 13.0 Å². The van der Waals surface area contributed by atoms with Crippen molar-refractivity contribution in [2.45, 2.75) is 25.9 Å². The number of nitrogens with one attached hydrogen (secondary N) is 1. The van der Waals surface area contributed by atoms with Crippen LogP contribution in [0.4, 0.5) is 0 Å². The second-order valence-electron chi connectivity index (χ2n) is 6.34. The SMILES string of the molecule is C[C@H]1Cc2cc(Br)cc3c(=O)c(C(=O)NCc4cccnc4)cn1c23. The summed E-state index contributed by atoms with van der Waals surface area (Å²) in [4.78, 5) is 29.5. The molecule has 1 aromatic carbocycles. The van der Waals surface area contributed by atoms with E-state index in [1.54, 1.807) is 24.7 Å². The molecule has 3 heterocycles. The number of pyridine rings is 2. The molecule has 1 aliphatic heterocycles. The Hall–Kier alpha value is -2.47. The first-order valence-corrected chi connectivity index (χ1v) is 8.88. The predicted molar refractivity (Wildman–Crippen MR) is 99.7 cm³/mol. The van der Waals surface area contributed by atoms with Crippen molar-refractivity contribution < 1.29 is 4.79 Å². The average Bonchev–Trinajstić information content (AvgIpc) is 2.92. The van der Waals surface area contributed by atoms with Gasteiger partial charge in [-0.3, -0.25) is 14.6 Å². The lowest BCUT2D eigenvalue weighted by Crippen LogP contribution is -2.29. The first kappa shape index (κ1) is 16.0. The molecule has 1 aliphatic rings. The van der Waals surface area contributed by atoms with Crippen molar-refractivity contribution in [3.8, 4) is 0 Å². The molecule has 25 heavy (non-hydrogen) atoms. The number of halogens is 1. The minimum Gasteiger partial charge on any atom is -0.348 e. The van der Waals surface area contributed by atoms with Crippen molar-refractivity contribution in [2.24, 2.45) is 0 Å². The first-order valence-electron chi connectivity index (χ1n) is 8.09. The quantitative estimate of drug-likeness (QED) is 0.737. The highest BCUT2D eigenvalue weighted by molar-refractivity contribution is 9.10. The van der Waals surface area contributed by atoms with Gasteiger partial charge >= 0.3 is 0 Å². The molecule has 0 aliphatic carbocycles. The zero-order valence-electron chi connectivity index (χ0n) is 13.6. The van der Waals surface area contributed by atoms with Crippen LogP contribution in [0.25, 0.3) is 10.9 Å². The van der Waals surface area contributed by atoms with E-state index in [9.17, 15) is 9.59 Å². The average molecular weight is 398 g/mol. The van der Waals surface area contributed by atoms with Crippen molar-refractivity contribution in [2.75, 3.05) is 0 Å². The molecule has 1 atom stereocenters. The third-order valence-electron chi connectivity index (χ3n) is 4.58. The normalized spacial score (nSPS) is 15.5. The number of benzene rings is 1. The number of aromatic nitrogens is 2. The summed E-state index contributed by atoms with van der Waals surface area (Å²) in [6, 6.07) is 7.76. The molecule has 2 aromatic heterocycles. The van der Waals surface area contributed by atoms with Crippen LogP contribution < -0.4 is 10.7 Å². The standard InChI is InChI=1S/C19H16BrN3O2/c1-11-5-13-6-14(20)7-15-17(13)23(11)10-16(18(15)24)19(25)22-9-12-3-2-4-21-8-12/h2-4,6-8,10-11H,5,9H2,1H3,(H,22,25)/t11-/m0/s1. The number of rotatable bonds is 3. The molecule has 4 rings (SSSR count). The zero-order chi connectivity index (χ0) is 17.6. The summed E-state index contributed by atoms with van der Waals surface area (Å²) in [6.45, 7) is 2.43. The Labute approximate surface area is 152 Å². The molecule has 0 radical (unpaired) electrons. The number of amides is 1. The van der Waals surface area contributed by atoms with Gasteiger partial charge in [-0.05, 0) is 42.7 Å². The van der Waals surface area contributed by atoms with E-state index in [4.69, 9.17) is 0 Å². The Morgan fingerprint density at radius 2 is 2.28 bits per heavy atom. The number of hydrogen-bond acceptors (Lipinski definition) is 3. The summed E-state index contributed by atoms with van der Waals surface area (Å²) in [6.07, 6.45) is 5.92. The fourth-order valence-electron chi connectivity index (χ4n) is 3.40. The molecule has 0 fully saturated rings. The fraction of sp³-hybridized carbons (Fsp3) is 0.211. The van der Waals surface area contributed by atoms with Gasteiger partial charge in [-0.15, -0.1) is 0 Å². The molecule has 0 spiro atoms. The van der Waals surface area contributed by atoms with Gasteiger partial charge in [0, 0.05) is 41.0 Å². The van der Waals surface area contributed by atoms with Crippen LogP contribution in [0.15, 0.2) is 52.1 Å². The first-order chi connectivity index (χ1) is 12.0. The highest BCUT2D eigenvalue weighted by Gasteiger charge is 2.25. The summed E-state index contributed by atoms with van der Waals surface area (Å²) in [7, 11) is 0. The van der Waals surface area contributed by atoms with Gasteiger partial charge in [-0.25, -0.2) is 0 Å². The number of hydrogen-bond donors (Lipinski definition) is 1. The molecule has 3 aromatic rings. The van der Waals surface area contributed by atoms with Gasteiger partial charge in [0.15, 0.2) is 0 Å². The van der Waals surface area contributed by atoms with Gasteiger partial charge in [0.05, 0.1) is 5.52 Å². The van der Waals surface area contributed by atoms with Crippen molar-refractivity contribution in [3.05, 3.63) is 74.2 Å². The molecule has 1 N–H and O–H groups in total. The van der Waals surface area contributed by atoms with E-state index in [0.717, 1.165) is 27.5 Å². The van der Waals surface area contributed by atoms with Gasteiger partial charge in [-0.2, -0.15) is 0 Å². The number of carbonyl (C=O) groups excluding carboxylic acids is 1. The molecule has 0 unspecified atom stereocenters. The van der Waals surface area contributed by atoms with E-state index < -0.39 is 0 Å². The van der Waals surface area contributed by atoms with Crippen molar-refractivity contribution in [1.82, 2.24) is 14.9 Å². The third-order valence-corrected chi connectivity index (χ3v) is 5.04. The molecular weight excluding hydrogens is 382 g/mol. The lowest BCUT2D eigenvalue weighted by atomic mass is 10.1. The summed E-state index contributed by atoms with van der Waals surface area (Å²) < 4.78 is 2.90. The molecule has 0 saturated heterocycles. The van der Waals surface area contributed by atoms with Gasteiger partial charge in [0.1, 0.15) is 5.56 Å². The number of carbonyl (C=O) groups is 1. The van der Waals surface area contributed by atoms with E-state index in [1.807, 2.05) is 22.8 Å². The van der Waals surface area contributed by atoms with E-state index in [0.29, 0.717) is 11.9 Å². The minimum absolute atomic E-state index is 0.175. The van der Waals surface area contributed by atoms with Crippen LogP contribution in [0, 0.1) is 0 Å². The third kappa shape index (κ3) is 2.76. The monoisotopic (exact) mass is 397 g/mol. The largest absolute Gasteiger partial charge is 0.348 e. The van der Waals surface area contributed by atoms with Crippen molar-refractivity contribution in [1.29, 1.82) is 0 Å². The Balaban J connectivity index is 1.75. The maximum absolute atomic E-state index is 12.9. The van der Waals surface area contributed by atoms with Crippen LogP contribution >= 0.6 is 15.9 Å². The second kappa shape index (κ2) is 6.11. The van der Waals surface area contributed by atoms with Crippen LogP contribution in [0.2, 0.25) is 0 Å². The highest BCUT2D eigenvalue weighted by Crippen LogP contribution is 2.33. The number of nitrogens with zero attached hydrogens (tertiary/aromatic N) is 2. The van der Waals surface area contributed by atoms with Crippen LogP contribution in [0.1, 0.15) is 34.5 Å². The lowest BCUT2D eigenvalue weighted by Gasteiger charge is -2.13. The van der Waals surface area contributed by atoms with Gasteiger partial charge in [0.2, 0.25) is 5.43 Å². The minimum atomic E-state index is -0.361. The Bertz CT molecular complexity index is 1040. The Morgan fingerprint density at radius 1 is 1.44 bits per heavy atom. The van der Waals surface area contributed by atoms with E-state index in [1.165, 1.54) is 0 Å². The maximum atomic E-state index is 12.9. The van der Waals surface area contributed by atoms with E-state index in [2.05, 4.69) is 33.2 Å². The molecule has 5 nitrogen and oxygen atoms in total. The summed E-state index contributed by atoms with van der Waals surface area (Å²) in [5.41, 5.74) is 2.90. The molecular formula is C19H16BrN3O2. The topological polar surface area (TPSA) is 64.0 Å². The van der Waals surface area contributed by atoms with Crippen molar-refractivity contribution in [3.63, 3.8) is 0 Å². The van der Waals surface area contributed by atoms with Crippen molar-refractivity contribution >= 4 is 32.7 Å². The van der Waals surface area contributed by atoms with Gasteiger partial charge in [-0.1, -0.05) is 22.0 Å². The second-order valence-corrected chi connectivity index (χ2v) is 7.25. The summed E-state index contributed by atoms with van der Waals surface area (Å²) >= 11 is 3.47. The van der Waals surface area contributed by atoms with Crippen LogP contribution in [0.3, 0.4) is 0 Å². The smallest absolute Gasteiger partial charge is 0.257 e. The molecule has 6 heteroatoms. The zero-order valence-corrected chi connectivity index (χ0v) is 15.2. The van der Waals surface area contributed by atoms with Crippen LogP contribution in [-0.4, -0.2) is 15.5 Å². The van der Waals surface area contributed by atoms with Gasteiger partial charge < -0.3 is 9.88 Å². The van der Waals surface area contributed by atoms with E-state index in [-0.39, 0.29) is 22.9 Å². The molecule has 0 bridgehead atoms. The van der Waals surface area contributed by atoms with E-state index >= 15 is 0 Å². The Morgan fingerprint density at radius 3 is 3.04 bits per heavy atom. The summed E-state index contributed by atoms with van der Waals surface area (Å²) in [5, 5.41) is 3.40. The lowest BCUT2D eigenvalue weighted by molar-refractivity contribution is 0.0949. The predicted octanol–water partition coefficient (Wildman–Crippen LogP) is 3.21. The summed E-state index contributed by atoms with van der Waals surface area (Å²) in [5.74, 6) is -0.361. The maximum Gasteiger partial charge on any atom is 0.257 e. The molecule has 0 saturated carbocycles. The fourth-order valence-corrected chi connectivity index (χ4v) is 3.91. The van der Waals surface area contributed by atoms with Crippen LogP contribution in [0.5, 0.6) is 0 Å². The highest BCUT2D eigenvalue weighted by atomic mass is 79.9.